The third-order valence-electron chi connectivity index (χ3n) is 3.11. The summed E-state index contributed by atoms with van der Waals surface area (Å²) in [5, 5.41) is 2.76. The number of ether oxygens (including phenoxy) is 1. The zero-order valence-corrected chi connectivity index (χ0v) is 11.9. The molecule has 0 amide bonds. The van der Waals surface area contributed by atoms with E-state index < -0.39 is 17.7 Å². The summed E-state index contributed by atoms with van der Waals surface area (Å²) in [6, 6.07) is 6.79. The first-order valence-corrected chi connectivity index (χ1v) is 6.31. The summed E-state index contributed by atoms with van der Waals surface area (Å²) in [6.07, 6.45) is -3.02. The lowest BCUT2D eigenvalue weighted by atomic mass is 10.1. The average molecular weight is 310 g/mol. The largest absolute Gasteiger partial charge is 0.465 e. The minimum Gasteiger partial charge on any atom is -0.465 e. The van der Waals surface area contributed by atoms with E-state index in [1.54, 1.807) is 0 Å². The number of hydrogen-bond acceptors (Lipinski definition) is 4. The number of anilines is 2. The highest BCUT2D eigenvalue weighted by molar-refractivity contribution is 5.95. The van der Waals surface area contributed by atoms with Gasteiger partial charge in [0.25, 0.3) is 0 Å². The van der Waals surface area contributed by atoms with Gasteiger partial charge >= 0.3 is 12.1 Å². The Balaban J connectivity index is 2.43. The highest BCUT2D eigenvalue weighted by Crippen LogP contribution is 2.35. The van der Waals surface area contributed by atoms with Crippen molar-refractivity contribution in [1.29, 1.82) is 0 Å². The van der Waals surface area contributed by atoms with Gasteiger partial charge in [-0.25, -0.2) is 9.78 Å². The molecule has 1 aromatic carbocycles. The van der Waals surface area contributed by atoms with Crippen LogP contribution in [0, 0.1) is 6.92 Å². The normalized spacial score (nSPS) is 11.1. The van der Waals surface area contributed by atoms with Gasteiger partial charge in [-0.15, -0.1) is 0 Å². The molecule has 0 bridgehead atoms. The van der Waals surface area contributed by atoms with E-state index in [1.165, 1.54) is 44.5 Å². The molecule has 22 heavy (non-hydrogen) atoms. The van der Waals surface area contributed by atoms with E-state index in [0.29, 0.717) is 0 Å². The zero-order valence-electron chi connectivity index (χ0n) is 11.9. The number of benzene rings is 1. The molecule has 0 radical (unpaired) electrons. The Bertz CT molecular complexity index is 699. The van der Waals surface area contributed by atoms with Crippen molar-refractivity contribution in [3.05, 3.63) is 53.2 Å². The lowest BCUT2D eigenvalue weighted by molar-refractivity contribution is -0.138. The van der Waals surface area contributed by atoms with E-state index in [9.17, 15) is 18.0 Å². The SMILES string of the molecule is COC(=O)c1cccnc1Nc1cccc(C(F)(F)F)c1C. The number of carbonyl (C=O) groups excluding carboxylic acids is 1. The van der Waals surface area contributed by atoms with Crippen LogP contribution in [0.15, 0.2) is 36.5 Å². The fraction of sp³-hybridized carbons (Fsp3) is 0.200. The van der Waals surface area contributed by atoms with Gasteiger partial charge in [-0.3, -0.25) is 0 Å². The Kier molecular flexibility index (Phi) is 4.35. The van der Waals surface area contributed by atoms with Crippen LogP contribution in [0.2, 0.25) is 0 Å². The minimum atomic E-state index is -4.45. The van der Waals surface area contributed by atoms with Gasteiger partial charge in [0.15, 0.2) is 0 Å². The molecular weight excluding hydrogens is 297 g/mol. The van der Waals surface area contributed by atoms with Crippen molar-refractivity contribution in [2.75, 3.05) is 12.4 Å². The van der Waals surface area contributed by atoms with Gasteiger partial charge in [0.2, 0.25) is 0 Å². The van der Waals surface area contributed by atoms with Crippen molar-refractivity contribution in [1.82, 2.24) is 4.98 Å². The van der Waals surface area contributed by atoms with E-state index in [-0.39, 0.29) is 22.6 Å². The second kappa shape index (κ2) is 6.05. The quantitative estimate of drug-likeness (QED) is 0.873. The maximum absolute atomic E-state index is 12.9. The molecule has 2 aromatic rings. The van der Waals surface area contributed by atoms with Crippen LogP contribution in [-0.4, -0.2) is 18.1 Å². The molecule has 4 nitrogen and oxygen atoms in total. The molecule has 0 aliphatic rings. The van der Waals surface area contributed by atoms with Crippen LogP contribution in [0.25, 0.3) is 0 Å². The van der Waals surface area contributed by atoms with Gasteiger partial charge < -0.3 is 10.1 Å². The molecule has 0 fully saturated rings. The molecule has 1 heterocycles. The number of carbonyl (C=O) groups is 1. The smallest absolute Gasteiger partial charge is 0.416 e. The van der Waals surface area contributed by atoms with Crippen molar-refractivity contribution >= 4 is 17.5 Å². The summed E-state index contributed by atoms with van der Waals surface area (Å²) >= 11 is 0. The molecule has 1 N–H and O–H groups in total. The summed E-state index contributed by atoms with van der Waals surface area (Å²) in [6.45, 7) is 1.35. The summed E-state index contributed by atoms with van der Waals surface area (Å²) in [5.41, 5.74) is -0.356. The topological polar surface area (TPSA) is 51.2 Å². The van der Waals surface area contributed by atoms with Crippen LogP contribution < -0.4 is 5.32 Å². The molecule has 0 saturated carbocycles. The van der Waals surface area contributed by atoms with Crippen LogP contribution in [-0.2, 0) is 10.9 Å². The standard InChI is InChI=1S/C15H13F3N2O2/c1-9-11(15(16,17)18)6-3-7-12(9)20-13-10(14(21)22-2)5-4-8-19-13/h3-8H,1-2H3,(H,19,20). The van der Waals surface area contributed by atoms with Gasteiger partial charge in [0, 0.05) is 11.9 Å². The second-order valence-corrected chi connectivity index (χ2v) is 4.49. The Morgan fingerprint density at radius 1 is 1.23 bits per heavy atom. The molecule has 0 spiro atoms. The summed E-state index contributed by atoms with van der Waals surface area (Å²) in [4.78, 5) is 15.6. The van der Waals surface area contributed by atoms with Crippen LogP contribution in [0.5, 0.6) is 0 Å². The molecule has 2 rings (SSSR count). The highest BCUT2D eigenvalue weighted by atomic mass is 19.4. The number of nitrogens with one attached hydrogen (secondary N) is 1. The molecule has 116 valence electrons. The second-order valence-electron chi connectivity index (χ2n) is 4.49. The predicted octanol–water partition coefficient (Wildman–Crippen LogP) is 3.94. The minimum absolute atomic E-state index is 0.0245. The van der Waals surface area contributed by atoms with Crippen LogP contribution in [0.1, 0.15) is 21.5 Å². The maximum atomic E-state index is 12.9. The van der Waals surface area contributed by atoms with Gasteiger partial charge in [0.1, 0.15) is 11.4 Å². The van der Waals surface area contributed by atoms with Crippen molar-refractivity contribution < 1.29 is 22.7 Å². The molecule has 1 aromatic heterocycles. The molecule has 0 unspecified atom stereocenters. The third kappa shape index (κ3) is 3.19. The van der Waals surface area contributed by atoms with E-state index in [4.69, 9.17) is 0 Å². The van der Waals surface area contributed by atoms with Gasteiger partial charge in [0.05, 0.1) is 12.7 Å². The van der Waals surface area contributed by atoms with E-state index in [2.05, 4.69) is 15.0 Å². The Morgan fingerprint density at radius 3 is 2.59 bits per heavy atom. The van der Waals surface area contributed by atoms with Crippen LogP contribution >= 0.6 is 0 Å². The van der Waals surface area contributed by atoms with Gasteiger partial charge in [-0.2, -0.15) is 13.2 Å². The predicted molar refractivity (Wildman–Crippen MR) is 75.0 cm³/mol. The van der Waals surface area contributed by atoms with E-state index in [0.717, 1.165) is 6.07 Å². The molecular formula is C15H13F3N2O2. The average Bonchev–Trinajstić information content (AvgIpc) is 2.48. The number of rotatable bonds is 3. The van der Waals surface area contributed by atoms with E-state index >= 15 is 0 Å². The fourth-order valence-corrected chi connectivity index (χ4v) is 1.99. The van der Waals surface area contributed by atoms with Gasteiger partial charge in [-0.05, 0) is 36.8 Å². The van der Waals surface area contributed by atoms with Crippen molar-refractivity contribution in [3.63, 3.8) is 0 Å². The fourth-order valence-electron chi connectivity index (χ4n) is 1.99. The van der Waals surface area contributed by atoms with Crippen LogP contribution in [0.3, 0.4) is 0 Å². The highest BCUT2D eigenvalue weighted by Gasteiger charge is 2.33. The number of pyridine rings is 1. The number of aromatic nitrogens is 1. The first kappa shape index (κ1) is 15.8. The third-order valence-corrected chi connectivity index (χ3v) is 3.11. The molecule has 0 aliphatic carbocycles. The first-order chi connectivity index (χ1) is 10.3. The lowest BCUT2D eigenvalue weighted by Crippen LogP contribution is -2.11. The Labute approximate surface area is 124 Å². The summed E-state index contributed by atoms with van der Waals surface area (Å²) < 4.78 is 43.4. The maximum Gasteiger partial charge on any atom is 0.416 e. The molecule has 0 atom stereocenters. The number of halogens is 3. The molecule has 0 aliphatic heterocycles. The molecule has 0 saturated heterocycles. The summed E-state index contributed by atoms with van der Waals surface area (Å²) in [7, 11) is 1.22. The van der Waals surface area contributed by atoms with Crippen molar-refractivity contribution in [3.8, 4) is 0 Å². The number of nitrogens with zero attached hydrogens (tertiary/aromatic N) is 1. The lowest BCUT2D eigenvalue weighted by Gasteiger charge is -2.16. The number of alkyl halides is 3. The monoisotopic (exact) mass is 310 g/mol. The Morgan fingerprint density at radius 2 is 1.95 bits per heavy atom. The van der Waals surface area contributed by atoms with Crippen LogP contribution in [0.4, 0.5) is 24.7 Å². The van der Waals surface area contributed by atoms with E-state index in [1.807, 2.05) is 0 Å². The molecule has 7 heteroatoms. The number of esters is 1. The number of methoxy groups -OCH3 is 1. The summed E-state index contributed by atoms with van der Waals surface area (Å²) in [5.74, 6) is -0.489. The Hall–Kier alpha value is -2.57. The van der Waals surface area contributed by atoms with Crippen molar-refractivity contribution in [2.45, 2.75) is 13.1 Å². The zero-order chi connectivity index (χ0) is 16.3. The van der Waals surface area contributed by atoms with Gasteiger partial charge in [-0.1, -0.05) is 6.07 Å². The first-order valence-electron chi connectivity index (χ1n) is 6.31. The van der Waals surface area contributed by atoms with Crippen molar-refractivity contribution in [2.24, 2.45) is 0 Å². The number of hydrogen-bond donors (Lipinski definition) is 1.